The van der Waals surface area contributed by atoms with E-state index in [0.717, 1.165) is 18.6 Å². The van der Waals surface area contributed by atoms with Gasteiger partial charge in [0.2, 0.25) is 0 Å². The fourth-order valence-corrected chi connectivity index (χ4v) is 2.99. The molecule has 0 aliphatic heterocycles. The lowest BCUT2D eigenvalue weighted by Gasteiger charge is -2.21. The SMILES string of the molecule is FC(F)(F)c1cc(Cl)cc(NCCC2CCCCC2)c1. The standard InChI is InChI=1S/C15H19ClF3N/c16-13-8-12(15(17,18)19)9-14(10-13)20-7-6-11-4-2-1-3-5-11/h8-11,20H,1-7H2. The highest BCUT2D eigenvalue weighted by molar-refractivity contribution is 6.30. The maximum absolute atomic E-state index is 12.7. The summed E-state index contributed by atoms with van der Waals surface area (Å²) in [5, 5.41) is 3.17. The third-order valence-electron chi connectivity index (χ3n) is 3.83. The van der Waals surface area contributed by atoms with Crippen molar-refractivity contribution < 1.29 is 13.2 Å². The number of anilines is 1. The number of nitrogens with one attached hydrogen (secondary N) is 1. The maximum Gasteiger partial charge on any atom is 0.416 e. The van der Waals surface area contributed by atoms with E-state index >= 15 is 0 Å². The molecule has 0 amide bonds. The van der Waals surface area contributed by atoms with Crippen molar-refractivity contribution >= 4 is 17.3 Å². The van der Waals surface area contributed by atoms with E-state index in [0.29, 0.717) is 18.2 Å². The molecule has 1 aromatic carbocycles. The van der Waals surface area contributed by atoms with Crippen LogP contribution >= 0.6 is 11.6 Å². The van der Waals surface area contributed by atoms with Gasteiger partial charge in [0, 0.05) is 17.3 Å². The van der Waals surface area contributed by atoms with Crippen molar-refractivity contribution in [2.45, 2.75) is 44.7 Å². The summed E-state index contributed by atoms with van der Waals surface area (Å²) >= 11 is 5.74. The van der Waals surface area contributed by atoms with Crippen LogP contribution in [-0.4, -0.2) is 6.54 Å². The van der Waals surface area contributed by atoms with Crippen LogP contribution in [0.1, 0.15) is 44.1 Å². The van der Waals surface area contributed by atoms with Crippen LogP contribution in [0, 0.1) is 5.92 Å². The highest BCUT2D eigenvalue weighted by atomic mass is 35.5. The summed E-state index contributed by atoms with van der Waals surface area (Å²) in [6.45, 7) is 0.697. The van der Waals surface area contributed by atoms with E-state index < -0.39 is 11.7 Å². The van der Waals surface area contributed by atoms with Crippen molar-refractivity contribution in [1.29, 1.82) is 0 Å². The molecule has 112 valence electrons. The Balaban J connectivity index is 1.90. The minimum absolute atomic E-state index is 0.111. The Morgan fingerprint density at radius 1 is 1.10 bits per heavy atom. The Labute approximate surface area is 122 Å². The summed E-state index contributed by atoms with van der Waals surface area (Å²) in [5.41, 5.74) is -0.259. The number of alkyl halides is 3. The monoisotopic (exact) mass is 305 g/mol. The first-order valence-electron chi connectivity index (χ1n) is 7.07. The van der Waals surface area contributed by atoms with Gasteiger partial charge in [-0.05, 0) is 30.5 Å². The summed E-state index contributed by atoms with van der Waals surface area (Å²) in [6.07, 6.45) is 3.00. The molecule has 0 aromatic heterocycles. The second-order valence-electron chi connectivity index (χ2n) is 5.45. The van der Waals surface area contributed by atoms with Crippen LogP contribution < -0.4 is 5.32 Å². The average molecular weight is 306 g/mol. The molecule has 0 radical (unpaired) electrons. The number of benzene rings is 1. The first-order chi connectivity index (χ1) is 9.45. The molecule has 1 aliphatic carbocycles. The van der Waals surface area contributed by atoms with E-state index in [9.17, 15) is 13.2 Å². The molecule has 0 unspecified atom stereocenters. The molecule has 0 atom stereocenters. The zero-order valence-corrected chi connectivity index (χ0v) is 12.0. The molecule has 0 spiro atoms. The summed E-state index contributed by atoms with van der Waals surface area (Å²) in [7, 11) is 0. The Hall–Kier alpha value is -0.900. The van der Waals surface area contributed by atoms with Crippen LogP contribution in [-0.2, 0) is 6.18 Å². The van der Waals surface area contributed by atoms with Crippen molar-refractivity contribution in [1.82, 2.24) is 0 Å². The maximum atomic E-state index is 12.7. The van der Waals surface area contributed by atoms with E-state index in [1.165, 1.54) is 38.2 Å². The van der Waals surface area contributed by atoms with Gasteiger partial charge in [-0.25, -0.2) is 0 Å². The summed E-state index contributed by atoms with van der Waals surface area (Å²) in [4.78, 5) is 0. The number of halogens is 4. The van der Waals surface area contributed by atoms with E-state index in [1.807, 2.05) is 0 Å². The molecular weight excluding hydrogens is 287 g/mol. The van der Waals surface area contributed by atoms with Crippen LogP contribution in [0.5, 0.6) is 0 Å². The molecule has 0 bridgehead atoms. The molecule has 0 heterocycles. The van der Waals surface area contributed by atoms with Gasteiger partial charge in [0.05, 0.1) is 5.56 Å². The molecule has 1 aliphatic rings. The molecule has 5 heteroatoms. The molecular formula is C15H19ClF3N. The molecule has 1 fully saturated rings. The lowest BCUT2D eigenvalue weighted by Crippen LogP contribution is -2.13. The predicted octanol–water partition coefficient (Wildman–Crippen LogP) is 5.74. The summed E-state index contributed by atoms with van der Waals surface area (Å²) < 4.78 is 38.0. The average Bonchev–Trinajstić information content (AvgIpc) is 2.38. The zero-order chi connectivity index (χ0) is 14.6. The van der Waals surface area contributed by atoms with Crippen molar-refractivity contribution in [3.63, 3.8) is 0 Å². The van der Waals surface area contributed by atoms with Crippen molar-refractivity contribution in [2.24, 2.45) is 5.92 Å². The van der Waals surface area contributed by atoms with Gasteiger partial charge in [-0.3, -0.25) is 0 Å². The van der Waals surface area contributed by atoms with E-state index in [4.69, 9.17) is 11.6 Å². The molecule has 0 saturated heterocycles. The van der Waals surface area contributed by atoms with Crippen LogP contribution in [0.4, 0.5) is 18.9 Å². The van der Waals surface area contributed by atoms with Crippen molar-refractivity contribution in [3.8, 4) is 0 Å². The van der Waals surface area contributed by atoms with Crippen molar-refractivity contribution in [2.75, 3.05) is 11.9 Å². The van der Waals surface area contributed by atoms with Crippen LogP contribution in [0.2, 0.25) is 5.02 Å². The quantitative estimate of drug-likeness (QED) is 0.747. The Morgan fingerprint density at radius 2 is 1.80 bits per heavy atom. The molecule has 1 nitrogen and oxygen atoms in total. The molecule has 2 rings (SSSR count). The number of rotatable bonds is 4. The Morgan fingerprint density at radius 3 is 2.45 bits per heavy atom. The van der Waals surface area contributed by atoms with E-state index in [-0.39, 0.29) is 5.02 Å². The minimum atomic E-state index is -4.36. The summed E-state index contributed by atoms with van der Waals surface area (Å²) in [6, 6.07) is 3.61. The van der Waals surface area contributed by atoms with Gasteiger partial charge < -0.3 is 5.32 Å². The van der Waals surface area contributed by atoms with Gasteiger partial charge in [-0.1, -0.05) is 43.7 Å². The lowest BCUT2D eigenvalue weighted by atomic mass is 9.87. The van der Waals surface area contributed by atoms with Gasteiger partial charge in [-0.2, -0.15) is 13.2 Å². The molecule has 1 N–H and O–H groups in total. The zero-order valence-electron chi connectivity index (χ0n) is 11.3. The topological polar surface area (TPSA) is 12.0 Å². The van der Waals surface area contributed by atoms with Gasteiger partial charge >= 0.3 is 6.18 Å². The van der Waals surface area contributed by atoms with Crippen LogP contribution in [0.3, 0.4) is 0 Å². The fourth-order valence-electron chi connectivity index (χ4n) is 2.75. The first-order valence-corrected chi connectivity index (χ1v) is 7.44. The highest BCUT2D eigenvalue weighted by Gasteiger charge is 2.31. The second kappa shape index (κ2) is 6.70. The molecule has 1 saturated carbocycles. The molecule has 1 aromatic rings. The highest BCUT2D eigenvalue weighted by Crippen LogP contribution is 2.33. The van der Waals surface area contributed by atoms with Gasteiger partial charge in [0.25, 0.3) is 0 Å². The number of hydrogen-bond acceptors (Lipinski definition) is 1. The van der Waals surface area contributed by atoms with E-state index in [2.05, 4.69) is 5.32 Å². The van der Waals surface area contributed by atoms with Crippen LogP contribution in [0.25, 0.3) is 0 Å². The lowest BCUT2D eigenvalue weighted by molar-refractivity contribution is -0.137. The second-order valence-corrected chi connectivity index (χ2v) is 5.88. The van der Waals surface area contributed by atoms with Gasteiger partial charge in [0.15, 0.2) is 0 Å². The predicted molar refractivity (Wildman–Crippen MR) is 76.1 cm³/mol. The van der Waals surface area contributed by atoms with Crippen molar-refractivity contribution in [3.05, 3.63) is 28.8 Å². The minimum Gasteiger partial charge on any atom is -0.385 e. The van der Waals surface area contributed by atoms with Gasteiger partial charge in [-0.15, -0.1) is 0 Å². The van der Waals surface area contributed by atoms with Crippen LogP contribution in [0.15, 0.2) is 18.2 Å². The third kappa shape index (κ3) is 4.58. The fraction of sp³-hybridized carbons (Fsp3) is 0.600. The smallest absolute Gasteiger partial charge is 0.385 e. The van der Waals surface area contributed by atoms with Gasteiger partial charge in [0.1, 0.15) is 0 Å². The summed E-state index contributed by atoms with van der Waals surface area (Å²) in [5.74, 6) is 0.706. The third-order valence-corrected chi connectivity index (χ3v) is 4.05. The largest absolute Gasteiger partial charge is 0.416 e. The molecule has 20 heavy (non-hydrogen) atoms. The van der Waals surface area contributed by atoms with E-state index in [1.54, 1.807) is 0 Å². The number of hydrogen-bond donors (Lipinski definition) is 1. The Kier molecular flexibility index (Phi) is 5.19. The normalized spacial score (nSPS) is 17.2. The first kappa shape index (κ1) is 15.5. The Bertz CT molecular complexity index is 439.